The summed E-state index contributed by atoms with van der Waals surface area (Å²) in [7, 11) is 2.11. The molecule has 0 spiro atoms. The Balaban J connectivity index is 1.47. The predicted octanol–water partition coefficient (Wildman–Crippen LogP) is 1.88. The zero-order valence-electron chi connectivity index (χ0n) is 20.4. The normalized spacial score (nSPS) is 17.9. The molecular weight excluding hydrogens is 476 g/mol. The van der Waals surface area contributed by atoms with Crippen LogP contribution in [0.2, 0.25) is 0 Å². The minimum absolute atomic E-state index is 0.203. The number of rotatable bonds is 5. The number of benzene rings is 1. The van der Waals surface area contributed by atoms with Crippen LogP contribution in [0, 0.1) is 0 Å². The van der Waals surface area contributed by atoms with E-state index in [-0.39, 0.29) is 16.9 Å². The van der Waals surface area contributed by atoms with Gasteiger partial charge in [0, 0.05) is 58.6 Å². The number of carbonyl (C=O) groups is 1. The second kappa shape index (κ2) is 9.78. The minimum Gasteiger partial charge on any atom is -0.379 e. The van der Waals surface area contributed by atoms with Gasteiger partial charge in [0.1, 0.15) is 10.4 Å². The van der Waals surface area contributed by atoms with Gasteiger partial charge in [-0.15, -0.1) is 11.3 Å². The number of likely N-dealkylation sites (N-methyl/N-ethyl adjacent to an activating group) is 1. The van der Waals surface area contributed by atoms with Gasteiger partial charge in [0.05, 0.1) is 34.5 Å². The lowest BCUT2D eigenvalue weighted by Gasteiger charge is -2.34. The average molecular weight is 507 g/mol. The molecule has 1 N–H and O–H groups in total. The number of thiazole rings is 1. The second-order valence-corrected chi connectivity index (χ2v) is 10.5. The van der Waals surface area contributed by atoms with E-state index in [0.717, 1.165) is 61.7 Å². The SMILES string of the molecule is CN1CCN(c2ccnc3c2c(=O)c(C(=O)NCCN2CCOCC2)c2sc4ccccc4n23)CC1. The van der Waals surface area contributed by atoms with Crippen molar-refractivity contribution in [3.63, 3.8) is 0 Å². The number of pyridine rings is 2. The van der Waals surface area contributed by atoms with E-state index in [2.05, 4.69) is 32.0 Å². The number of fused-ring (bicyclic) bond motifs is 5. The highest BCUT2D eigenvalue weighted by Gasteiger charge is 2.26. The Kier molecular flexibility index (Phi) is 6.34. The van der Waals surface area contributed by atoms with Crippen molar-refractivity contribution in [2.45, 2.75) is 0 Å². The van der Waals surface area contributed by atoms with E-state index in [1.54, 1.807) is 6.20 Å². The van der Waals surface area contributed by atoms with Crippen LogP contribution < -0.4 is 15.6 Å². The fourth-order valence-corrected chi connectivity index (χ4v) is 6.35. The lowest BCUT2D eigenvalue weighted by Crippen LogP contribution is -2.45. The Hall–Kier alpha value is -3.05. The first-order chi connectivity index (χ1) is 17.6. The molecule has 2 saturated heterocycles. The molecule has 0 radical (unpaired) electrons. The van der Waals surface area contributed by atoms with Crippen molar-refractivity contribution < 1.29 is 9.53 Å². The molecule has 10 heteroatoms. The van der Waals surface area contributed by atoms with Crippen LogP contribution in [0.1, 0.15) is 10.4 Å². The largest absolute Gasteiger partial charge is 0.379 e. The molecule has 0 unspecified atom stereocenters. The number of hydrogen-bond donors (Lipinski definition) is 1. The number of morpholine rings is 1. The number of hydrogen-bond acceptors (Lipinski definition) is 8. The first-order valence-corrected chi connectivity index (χ1v) is 13.3. The fraction of sp³-hybridized carbons (Fsp3) is 0.423. The van der Waals surface area contributed by atoms with Crippen LogP contribution in [0.25, 0.3) is 26.1 Å². The molecule has 6 rings (SSSR count). The topological polar surface area (TPSA) is 82.4 Å². The van der Waals surface area contributed by atoms with Crippen molar-refractivity contribution in [2.24, 2.45) is 0 Å². The van der Waals surface area contributed by atoms with Crippen molar-refractivity contribution in [1.82, 2.24) is 24.5 Å². The zero-order chi connectivity index (χ0) is 24.6. The van der Waals surface area contributed by atoms with E-state index in [0.29, 0.717) is 35.6 Å². The van der Waals surface area contributed by atoms with Gasteiger partial charge in [-0.25, -0.2) is 4.98 Å². The van der Waals surface area contributed by atoms with Gasteiger partial charge < -0.3 is 19.9 Å². The molecule has 1 aromatic carbocycles. The van der Waals surface area contributed by atoms with Crippen LogP contribution >= 0.6 is 11.3 Å². The van der Waals surface area contributed by atoms with Crippen molar-refractivity contribution in [3.8, 4) is 0 Å². The van der Waals surface area contributed by atoms with E-state index in [9.17, 15) is 9.59 Å². The molecule has 188 valence electrons. The number of amides is 1. The molecule has 0 bridgehead atoms. The monoisotopic (exact) mass is 506 g/mol. The maximum Gasteiger partial charge on any atom is 0.258 e. The first-order valence-electron chi connectivity index (χ1n) is 12.5. The Bertz CT molecular complexity index is 1480. The van der Waals surface area contributed by atoms with Crippen LogP contribution in [0.3, 0.4) is 0 Å². The van der Waals surface area contributed by atoms with Crippen molar-refractivity contribution in [1.29, 1.82) is 0 Å². The van der Waals surface area contributed by atoms with Crippen LogP contribution in [0.5, 0.6) is 0 Å². The first kappa shape index (κ1) is 23.4. The molecule has 0 saturated carbocycles. The summed E-state index contributed by atoms with van der Waals surface area (Å²) in [6, 6.07) is 9.91. The number of aromatic nitrogens is 2. The number of nitrogens with zero attached hydrogens (tertiary/aromatic N) is 5. The molecule has 1 amide bonds. The van der Waals surface area contributed by atoms with Gasteiger partial charge in [0.2, 0.25) is 5.43 Å². The number of ether oxygens (including phenoxy) is 1. The van der Waals surface area contributed by atoms with Gasteiger partial charge >= 0.3 is 0 Å². The summed E-state index contributed by atoms with van der Waals surface area (Å²) in [6.45, 7) is 7.83. The average Bonchev–Trinajstić information content (AvgIpc) is 3.29. The summed E-state index contributed by atoms with van der Waals surface area (Å²) in [6.07, 6.45) is 1.77. The highest BCUT2D eigenvalue weighted by atomic mass is 32.1. The summed E-state index contributed by atoms with van der Waals surface area (Å²) in [5.74, 6) is -0.326. The molecule has 5 heterocycles. The summed E-state index contributed by atoms with van der Waals surface area (Å²) in [5, 5.41) is 3.54. The van der Waals surface area contributed by atoms with Crippen LogP contribution in [-0.2, 0) is 4.74 Å². The Morgan fingerprint density at radius 2 is 1.86 bits per heavy atom. The number of nitrogens with one attached hydrogen (secondary N) is 1. The van der Waals surface area contributed by atoms with Gasteiger partial charge in [-0.2, -0.15) is 0 Å². The summed E-state index contributed by atoms with van der Waals surface area (Å²) >= 11 is 1.46. The maximum atomic E-state index is 14.1. The van der Waals surface area contributed by atoms with E-state index in [1.165, 1.54) is 11.3 Å². The Morgan fingerprint density at radius 3 is 2.67 bits per heavy atom. The smallest absolute Gasteiger partial charge is 0.258 e. The molecule has 9 nitrogen and oxygen atoms in total. The lowest BCUT2D eigenvalue weighted by atomic mass is 10.1. The van der Waals surface area contributed by atoms with E-state index < -0.39 is 0 Å². The fourth-order valence-electron chi connectivity index (χ4n) is 5.16. The van der Waals surface area contributed by atoms with Crippen LogP contribution in [0.15, 0.2) is 41.3 Å². The Labute approximate surface area is 212 Å². The molecule has 2 aliphatic heterocycles. The molecule has 3 aromatic heterocycles. The number of para-hydroxylation sites is 1. The molecule has 0 atom stereocenters. The summed E-state index contributed by atoms with van der Waals surface area (Å²) < 4.78 is 8.42. The maximum absolute atomic E-state index is 14.1. The molecule has 4 aromatic rings. The third-order valence-electron chi connectivity index (χ3n) is 7.19. The second-order valence-electron chi connectivity index (χ2n) is 9.44. The lowest BCUT2D eigenvalue weighted by molar-refractivity contribution is 0.0383. The standard InChI is InChI=1S/C26H30N6O3S/c1-29-10-12-31(13-11-29)19-6-7-27-24-21(19)23(33)22(25(34)28-8-9-30-14-16-35-17-15-30)26-32(24)18-4-2-3-5-20(18)36-26/h2-7H,8-17H2,1H3,(H,28,34). The summed E-state index contributed by atoms with van der Waals surface area (Å²) in [5.41, 5.74) is 2.36. The zero-order valence-corrected chi connectivity index (χ0v) is 21.2. The summed E-state index contributed by atoms with van der Waals surface area (Å²) in [4.78, 5) is 39.8. The van der Waals surface area contributed by atoms with Crippen LogP contribution in [-0.4, -0.2) is 97.7 Å². The van der Waals surface area contributed by atoms with Crippen LogP contribution in [0.4, 0.5) is 5.69 Å². The van der Waals surface area contributed by atoms with Crippen molar-refractivity contribution in [2.75, 3.05) is 77.5 Å². The molecule has 36 heavy (non-hydrogen) atoms. The minimum atomic E-state index is -0.326. The Morgan fingerprint density at radius 1 is 1.08 bits per heavy atom. The third-order valence-corrected chi connectivity index (χ3v) is 8.34. The third kappa shape index (κ3) is 4.13. The predicted molar refractivity (Wildman–Crippen MR) is 144 cm³/mol. The highest BCUT2D eigenvalue weighted by Crippen LogP contribution is 2.33. The quantitative estimate of drug-likeness (QED) is 0.443. The molecule has 2 fully saturated rings. The van der Waals surface area contributed by atoms with Gasteiger partial charge in [0.25, 0.3) is 5.91 Å². The molecular formula is C26H30N6O3S. The van der Waals surface area contributed by atoms with E-state index in [1.807, 2.05) is 34.7 Å². The number of piperazine rings is 1. The molecule has 0 aliphatic carbocycles. The number of anilines is 1. The van der Waals surface area contributed by atoms with Gasteiger partial charge in [-0.1, -0.05) is 12.1 Å². The van der Waals surface area contributed by atoms with Gasteiger partial charge in [0.15, 0.2) is 5.65 Å². The molecule has 2 aliphatic rings. The van der Waals surface area contributed by atoms with Gasteiger partial charge in [-0.05, 0) is 25.2 Å². The van der Waals surface area contributed by atoms with E-state index in [4.69, 9.17) is 4.74 Å². The number of carbonyl (C=O) groups excluding carboxylic acids is 1. The van der Waals surface area contributed by atoms with Crippen molar-refractivity contribution >= 4 is 49.0 Å². The van der Waals surface area contributed by atoms with Gasteiger partial charge in [-0.3, -0.25) is 18.9 Å². The van der Waals surface area contributed by atoms with Crippen molar-refractivity contribution in [3.05, 3.63) is 52.3 Å². The highest BCUT2D eigenvalue weighted by molar-refractivity contribution is 7.24. The van der Waals surface area contributed by atoms with E-state index >= 15 is 0 Å².